The normalized spacial score (nSPS) is 13.9. The minimum absolute atomic E-state index is 0.0547. The van der Waals surface area contributed by atoms with E-state index in [2.05, 4.69) is 9.97 Å². The van der Waals surface area contributed by atoms with Crippen LogP contribution in [0.25, 0.3) is 0 Å². The quantitative estimate of drug-likeness (QED) is 0.849. The lowest BCUT2D eigenvalue weighted by Gasteiger charge is -2.19. The van der Waals surface area contributed by atoms with Crippen molar-refractivity contribution in [2.24, 2.45) is 0 Å². The Morgan fingerprint density at radius 1 is 1.05 bits per heavy atom. The molecule has 0 aliphatic rings. The zero-order valence-corrected chi connectivity index (χ0v) is 12.2. The molecular formula is C16H20N2O3. The van der Waals surface area contributed by atoms with E-state index in [0.29, 0.717) is 11.4 Å². The summed E-state index contributed by atoms with van der Waals surface area (Å²) in [6.07, 6.45) is 1.92. The van der Waals surface area contributed by atoms with E-state index in [0.717, 1.165) is 11.1 Å². The first kappa shape index (κ1) is 15.6. The molecule has 0 aliphatic heterocycles. The van der Waals surface area contributed by atoms with E-state index in [1.54, 1.807) is 12.4 Å². The van der Waals surface area contributed by atoms with Crippen LogP contribution < -0.4 is 0 Å². The molecule has 2 aromatic rings. The second-order valence-corrected chi connectivity index (χ2v) is 4.93. The zero-order chi connectivity index (χ0) is 15.2. The molecule has 0 spiro atoms. The van der Waals surface area contributed by atoms with E-state index in [1.807, 2.05) is 38.1 Å². The van der Waals surface area contributed by atoms with Crippen molar-refractivity contribution < 1.29 is 14.9 Å². The molecule has 0 saturated heterocycles. The van der Waals surface area contributed by atoms with Gasteiger partial charge in [0.2, 0.25) is 0 Å². The molecule has 2 atom stereocenters. The fourth-order valence-electron chi connectivity index (χ4n) is 2.19. The van der Waals surface area contributed by atoms with Gasteiger partial charge in [-0.15, -0.1) is 0 Å². The number of aryl methyl sites for hydroxylation is 2. The Bertz CT molecular complexity index is 589. The van der Waals surface area contributed by atoms with Crippen molar-refractivity contribution >= 4 is 0 Å². The Hall–Kier alpha value is -1.82. The van der Waals surface area contributed by atoms with Gasteiger partial charge in [-0.25, -0.2) is 0 Å². The van der Waals surface area contributed by atoms with Gasteiger partial charge in [-0.2, -0.15) is 0 Å². The van der Waals surface area contributed by atoms with Gasteiger partial charge >= 0.3 is 0 Å². The van der Waals surface area contributed by atoms with Crippen molar-refractivity contribution in [1.29, 1.82) is 0 Å². The first-order valence-electron chi connectivity index (χ1n) is 6.87. The molecule has 0 aromatic carbocycles. The highest BCUT2D eigenvalue weighted by Crippen LogP contribution is 2.21. The largest absolute Gasteiger partial charge is 0.393 e. The van der Waals surface area contributed by atoms with E-state index in [4.69, 9.17) is 4.74 Å². The van der Waals surface area contributed by atoms with Gasteiger partial charge in [-0.3, -0.25) is 9.97 Å². The highest BCUT2D eigenvalue weighted by molar-refractivity contribution is 5.21. The minimum Gasteiger partial charge on any atom is -0.393 e. The molecular weight excluding hydrogens is 268 g/mol. The summed E-state index contributed by atoms with van der Waals surface area (Å²) in [5.74, 6) is 0. The fourth-order valence-corrected chi connectivity index (χ4v) is 2.19. The van der Waals surface area contributed by atoms with Gasteiger partial charge in [0, 0.05) is 12.4 Å². The molecule has 5 nitrogen and oxygen atoms in total. The zero-order valence-electron chi connectivity index (χ0n) is 12.2. The summed E-state index contributed by atoms with van der Waals surface area (Å²) >= 11 is 0. The summed E-state index contributed by atoms with van der Waals surface area (Å²) in [5, 5.41) is 19.7. The third kappa shape index (κ3) is 3.85. The molecule has 2 heterocycles. The van der Waals surface area contributed by atoms with Crippen LogP contribution in [0, 0.1) is 13.8 Å². The van der Waals surface area contributed by atoms with Gasteiger partial charge in [-0.05, 0) is 37.1 Å². The molecule has 2 rings (SSSR count). The molecule has 21 heavy (non-hydrogen) atoms. The van der Waals surface area contributed by atoms with Crippen LogP contribution in [-0.2, 0) is 4.74 Å². The number of aromatic nitrogens is 2. The Morgan fingerprint density at radius 2 is 1.62 bits per heavy atom. The van der Waals surface area contributed by atoms with Crippen LogP contribution >= 0.6 is 0 Å². The Kier molecular flexibility index (Phi) is 5.38. The smallest absolute Gasteiger partial charge is 0.123 e. The molecule has 2 N–H and O–H groups in total. The van der Waals surface area contributed by atoms with E-state index >= 15 is 0 Å². The topological polar surface area (TPSA) is 75.5 Å². The van der Waals surface area contributed by atoms with Crippen molar-refractivity contribution in [2.75, 3.05) is 13.2 Å². The Morgan fingerprint density at radius 3 is 2.14 bits per heavy atom. The van der Waals surface area contributed by atoms with Crippen molar-refractivity contribution in [2.45, 2.75) is 26.1 Å². The lowest BCUT2D eigenvalue weighted by Crippen LogP contribution is -2.17. The predicted octanol–water partition coefficient (Wildman–Crippen LogP) is 1.88. The second-order valence-electron chi connectivity index (χ2n) is 4.93. The number of ether oxygens (including phenoxy) is 1. The van der Waals surface area contributed by atoms with Gasteiger partial charge in [0.05, 0.1) is 24.6 Å². The van der Waals surface area contributed by atoms with Crippen LogP contribution in [0.1, 0.15) is 34.7 Å². The number of hydrogen-bond donors (Lipinski definition) is 2. The van der Waals surface area contributed by atoms with Crippen molar-refractivity contribution in [1.82, 2.24) is 9.97 Å². The molecule has 0 fully saturated rings. The minimum atomic E-state index is -0.829. The van der Waals surface area contributed by atoms with Crippen molar-refractivity contribution in [3.8, 4) is 0 Å². The Labute approximate surface area is 124 Å². The van der Waals surface area contributed by atoms with Gasteiger partial charge in [0.1, 0.15) is 12.2 Å². The third-order valence-corrected chi connectivity index (χ3v) is 3.34. The van der Waals surface area contributed by atoms with E-state index in [9.17, 15) is 10.2 Å². The summed E-state index contributed by atoms with van der Waals surface area (Å²) in [7, 11) is 0. The maximum Gasteiger partial charge on any atom is 0.123 e. The molecule has 112 valence electrons. The fraction of sp³-hybridized carbons (Fsp3) is 0.375. The SMILES string of the molecule is Cc1cccnc1C(O)COC(CO)c1ncccc1C. The lowest BCUT2D eigenvalue weighted by atomic mass is 10.1. The second kappa shape index (κ2) is 7.26. The monoisotopic (exact) mass is 288 g/mol. The maximum atomic E-state index is 10.2. The molecule has 0 amide bonds. The first-order valence-corrected chi connectivity index (χ1v) is 6.87. The molecule has 5 heteroatoms. The van der Waals surface area contributed by atoms with Crippen molar-refractivity contribution in [3.63, 3.8) is 0 Å². The molecule has 0 bridgehead atoms. The summed E-state index contributed by atoms with van der Waals surface area (Å²) in [5.41, 5.74) is 3.13. The summed E-state index contributed by atoms with van der Waals surface area (Å²) in [6, 6.07) is 7.45. The van der Waals surface area contributed by atoms with Crippen LogP contribution in [0.4, 0.5) is 0 Å². The number of pyridine rings is 2. The van der Waals surface area contributed by atoms with Crippen LogP contribution in [0.5, 0.6) is 0 Å². The highest BCUT2D eigenvalue weighted by Gasteiger charge is 2.18. The molecule has 0 aliphatic carbocycles. The van der Waals surface area contributed by atoms with E-state index in [1.165, 1.54) is 0 Å². The van der Waals surface area contributed by atoms with E-state index < -0.39 is 12.2 Å². The first-order chi connectivity index (χ1) is 10.1. The number of aliphatic hydroxyl groups is 2. The third-order valence-electron chi connectivity index (χ3n) is 3.34. The van der Waals surface area contributed by atoms with Gasteiger partial charge in [0.15, 0.2) is 0 Å². The Balaban J connectivity index is 2.04. The van der Waals surface area contributed by atoms with E-state index in [-0.39, 0.29) is 13.2 Å². The average Bonchev–Trinajstić information content (AvgIpc) is 2.49. The molecule has 0 saturated carbocycles. The molecule has 0 radical (unpaired) electrons. The predicted molar refractivity (Wildman–Crippen MR) is 78.7 cm³/mol. The summed E-state index contributed by atoms with van der Waals surface area (Å²) in [6.45, 7) is 3.66. The summed E-state index contributed by atoms with van der Waals surface area (Å²) < 4.78 is 5.63. The van der Waals surface area contributed by atoms with Gasteiger partial charge in [0.25, 0.3) is 0 Å². The summed E-state index contributed by atoms with van der Waals surface area (Å²) in [4.78, 5) is 8.40. The number of aliphatic hydroxyl groups excluding tert-OH is 2. The molecule has 2 aromatic heterocycles. The van der Waals surface area contributed by atoms with Gasteiger partial charge < -0.3 is 14.9 Å². The maximum absolute atomic E-state index is 10.2. The van der Waals surface area contributed by atoms with Gasteiger partial charge in [-0.1, -0.05) is 12.1 Å². The standard InChI is InChI=1S/C16H20N2O3/c1-11-5-3-7-17-15(11)13(20)10-21-14(9-19)16-12(2)6-4-8-18-16/h3-8,13-14,19-20H,9-10H2,1-2H3. The average molecular weight is 288 g/mol. The van der Waals surface area contributed by atoms with Crippen LogP contribution in [-0.4, -0.2) is 33.4 Å². The van der Waals surface area contributed by atoms with Crippen LogP contribution in [0.15, 0.2) is 36.7 Å². The molecule has 2 unspecified atom stereocenters. The number of nitrogens with zero attached hydrogens (tertiary/aromatic N) is 2. The lowest BCUT2D eigenvalue weighted by molar-refractivity contribution is -0.0375. The highest BCUT2D eigenvalue weighted by atomic mass is 16.5. The number of hydrogen-bond acceptors (Lipinski definition) is 5. The van der Waals surface area contributed by atoms with Crippen LogP contribution in [0.3, 0.4) is 0 Å². The number of rotatable bonds is 6. The van der Waals surface area contributed by atoms with Crippen LogP contribution in [0.2, 0.25) is 0 Å². The van der Waals surface area contributed by atoms with Crippen molar-refractivity contribution in [3.05, 3.63) is 59.2 Å².